The molecule has 0 radical (unpaired) electrons. The molecule has 1 N–H and O–H groups in total. The Kier molecular flexibility index (Phi) is 3.84. The highest BCUT2D eigenvalue weighted by Gasteiger charge is 2.36. The minimum Gasteiger partial charge on any atom is -0.326 e. The van der Waals surface area contributed by atoms with E-state index in [4.69, 9.17) is 0 Å². The van der Waals surface area contributed by atoms with Gasteiger partial charge in [-0.1, -0.05) is 31.0 Å². The van der Waals surface area contributed by atoms with Crippen LogP contribution in [0, 0.1) is 5.92 Å². The molecule has 0 atom stereocenters. The number of amides is 3. The molecular formula is C20H18N2O3. The number of hydrogen-bond donors (Lipinski definition) is 1. The number of benzene rings is 2. The topological polar surface area (TPSA) is 66.5 Å². The fraction of sp³-hybridized carbons (Fsp3) is 0.250. The molecule has 1 aliphatic carbocycles. The lowest BCUT2D eigenvalue weighted by Crippen LogP contribution is -2.29. The number of nitrogens with zero attached hydrogens (tertiary/aromatic N) is 1. The third-order valence-corrected chi connectivity index (χ3v) is 4.89. The second-order valence-electron chi connectivity index (χ2n) is 6.51. The lowest BCUT2D eigenvalue weighted by Gasteiger charge is -2.16. The number of imide groups is 1. The largest absolute Gasteiger partial charge is 0.326 e. The predicted octanol–water partition coefficient (Wildman–Crippen LogP) is 3.62. The normalized spacial score (nSPS) is 17.0. The van der Waals surface area contributed by atoms with Gasteiger partial charge in [-0.15, -0.1) is 0 Å². The Labute approximate surface area is 145 Å². The van der Waals surface area contributed by atoms with Crippen molar-refractivity contribution in [3.8, 4) is 0 Å². The van der Waals surface area contributed by atoms with Crippen LogP contribution in [0.1, 0.15) is 46.4 Å². The SMILES string of the molecule is O=C(Nc1cccc(N2C(=O)c3ccccc3C2=O)c1)C1CCCC1. The molecule has 5 nitrogen and oxygen atoms in total. The second kappa shape index (κ2) is 6.16. The summed E-state index contributed by atoms with van der Waals surface area (Å²) in [6.45, 7) is 0. The summed E-state index contributed by atoms with van der Waals surface area (Å²) >= 11 is 0. The molecule has 2 aliphatic rings. The molecule has 1 heterocycles. The molecule has 0 saturated heterocycles. The minimum absolute atomic E-state index is 0.0111. The molecule has 4 rings (SSSR count). The Morgan fingerprint density at radius 2 is 1.56 bits per heavy atom. The monoisotopic (exact) mass is 334 g/mol. The number of carbonyl (C=O) groups excluding carboxylic acids is 3. The van der Waals surface area contributed by atoms with Crippen LogP contribution in [0.25, 0.3) is 0 Å². The van der Waals surface area contributed by atoms with Crippen LogP contribution in [-0.2, 0) is 4.79 Å². The van der Waals surface area contributed by atoms with Crippen molar-refractivity contribution in [2.24, 2.45) is 5.92 Å². The smallest absolute Gasteiger partial charge is 0.266 e. The Hall–Kier alpha value is -2.95. The van der Waals surface area contributed by atoms with E-state index in [1.165, 1.54) is 0 Å². The highest BCUT2D eigenvalue weighted by molar-refractivity contribution is 6.34. The molecule has 1 fully saturated rings. The van der Waals surface area contributed by atoms with Gasteiger partial charge >= 0.3 is 0 Å². The highest BCUT2D eigenvalue weighted by atomic mass is 16.2. The quantitative estimate of drug-likeness (QED) is 0.872. The van der Waals surface area contributed by atoms with Crippen LogP contribution in [0.15, 0.2) is 48.5 Å². The first-order valence-corrected chi connectivity index (χ1v) is 8.54. The van der Waals surface area contributed by atoms with Crippen molar-refractivity contribution < 1.29 is 14.4 Å². The van der Waals surface area contributed by atoms with Gasteiger partial charge in [-0.05, 0) is 43.2 Å². The van der Waals surface area contributed by atoms with Gasteiger partial charge in [-0.3, -0.25) is 14.4 Å². The number of fused-ring (bicyclic) bond motifs is 1. The van der Waals surface area contributed by atoms with Crippen LogP contribution >= 0.6 is 0 Å². The van der Waals surface area contributed by atoms with E-state index in [1.807, 2.05) is 0 Å². The van der Waals surface area contributed by atoms with Gasteiger partial charge in [-0.2, -0.15) is 0 Å². The van der Waals surface area contributed by atoms with Crippen molar-refractivity contribution in [2.75, 3.05) is 10.2 Å². The zero-order valence-electron chi connectivity index (χ0n) is 13.7. The number of carbonyl (C=O) groups is 3. The van der Waals surface area contributed by atoms with E-state index < -0.39 is 0 Å². The number of hydrogen-bond acceptors (Lipinski definition) is 3. The Bertz CT molecular complexity index is 834. The summed E-state index contributed by atoms with van der Waals surface area (Å²) in [6.07, 6.45) is 4.02. The van der Waals surface area contributed by atoms with E-state index in [2.05, 4.69) is 5.32 Å². The number of anilines is 2. The summed E-state index contributed by atoms with van der Waals surface area (Å²) in [5.41, 5.74) is 1.89. The van der Waals surface area contributed by atoms with Gasteiger partial charge in [0.25, 0.3) is 11.8 Å². The molecule has 25 heavy (non-hydrogen) atoms. The van der Waals surface area contributed by atoms with Crippen LogP contribution in [0.2, 0.25) is 0 Å². The van der Waals surface area contributed by atoms with E-state index in [0.717, 1.165) is 30.6 Å². The zero-order chi connectivity index (χ0) is 17.4. The van der Waals surface area contributed by atoms with E-state index >= 15 is 0 Å². The molecule has 1 aliphatic heterocycles. The first-order chi connectivity index (χ1) is 12.1. The third kappa shape index (κ3) is 2.71. The van der Waals surface area contributed by atoms with Crippen molar-refractivity contribution in [3.63, 3.8) is 0 Å². The molecule has 0 bridgehead atoms. The lowest BCUT2D eigenvalue weighted by atomic mass is 10.1. The molecule has 3 amide bonds. The van der Waals surface area contributed by atoms with Crippen molar-refractivity contribution in [1.29, 1.82) is 0 Å². The zero-order valence-corrected chi connectivity index (χ0v) is 13.7. The standard InChI is InChI=1S/C20H18N2O3/c23-18(13-6-1-2-7-13)21-14-8-5-9-15(12-14)22-19(24)16-10-3-4-11-17(16)20(22)25/h3-5,8-13H,1-2,6-7H2,(H,21,23). The number of rotatable bonds is 3. The molecule has 0 unspecified atom stereocenters. The first kappa shape index (κ1) is 15.6. The Balaban J connectivity index is 1.59. The summed E-state index contributed by atoms with van der Waals surface area (Å²) in [5, 5.41) is 2.91. The first-order valence-electron chi connectivity index (χ1n) is 8.54. The van der Waals surface area contributed by atoms with Crippen LogP contribution in [0.5, 0.6) is 0 Å². The maximum atomic E-state index is 12.6. The Morgan fingerprint density at radius 3 is 2.20 bits per heavy atom. The summed E-state index contributed by atoms with van der Waals surface area (Å²) in [6, 6.07) is 13.7. The summed E-state index contributed by atoms with van der Waals surface area (Å²) < 4.78 is 0. The average molecular weight is 334 g/mol. The molecule has 2 aromatic rings. The van der Waals surface area contributed by atoms with E-state index in [1.54, 1.807) is 48.5 Å². The second-order valence-corrected chi connectivity index (χ2v) is 6.51. The molecule has 0 aromatic heterocycles. The van der Waals surface area contributed by atoms with Gasteiger partial charge in [0.05, 0.1) is 16.8 Å². The van der Waals surface area contributed by atoms with Gasteiger partial charge in [-0.25, -0.2) is 4.90 Å². The molecule has 5 heteroatoms. The summed E-state index contributed by atoms with van der Waals surface area (Å²) in [5.74, 6) is -0.597. The fourth-order valence-corrected chi connectivity index (χ4v) is 3.58. The average Bonchev–Trinajstić information content (AvgIpc) is 3.24. The van der Waals surface area contributed by atoms with Crippen LogP contribution in [0.3, 0.4) is 0 Å². The van der Waals surface area contributed by atoms with Crippen LogP contribution < -0.4 is 10.2 Å². The van der Waals surface area contributed by atoms with Crippen molar-refractivity contribution in [3.05, 3.63) is 59.7 Å². The molecular weight excluding hydrogens is 316 g/mol. The maximum absolute atomic E-state index is 12.6. The van der Waals surface area contributed by atoms with Gasteiger partial charge in [0.2, 0.25) is 5.91 Å². The predicted molar refractivity (Wildman–Crippen MR) is 94.6 cm³/mol. The Morgan fingerprint density at radius 1 is 0.920 bits per heavy atom. The van der Waals surface area contributed by atoms with Gasteiger partial charge in [0.15, 0.2) is 0 Å². The van der Waals surface area contributed by atoms with E-state index in [0.29, 0.717) is 22.5 Å². The van der Waals surface area contributed by atoms with Crippen molar-refractivity contribution in [2.45, 2.75) is 25.7 Å². The number of nitrogens with one attached hydrogen (secondary N) is 1. The van der Waals surface area contributed by atoms with Crippen molar-refractivity contribution in [1.82, 2.24) is 0 Å². The van der Waals surface area contributed by atoms with Crippen LogP contribution in [-0.4, -0.2) is 17.7 Å². The fourth-order valence-electron chi connectivity index (χ4n) is 3.58. The van der Waals surface area contributed by atoms with Gasteiger partial charge < -0.3 is 5.32 Å². The molecule has 2 aromatic carbocycles. The minimum atomic E-state index is -0.333. The van der Waals surface area contributed by atoms with Gasteiger partial charge in [0.1, 0.15) is 0 Å². The lowest BCUT2D eigenvalue weighted by molar-refractivity contribution is -0.119. The highest BCUT2D eigenvalue weighted by Crippen LogP contribution is 2.30. The van der Waals surface area contributed by atoms with Crippen LogP contribution in [0.4, 0.5) is 11.4 Å². The molecule has 1 saturated carbocycles. The molecule has 0 spiro atoms. The summed E-state index contributed by atoms with van der Waals surface area (Å²) in [7, 11) is 0. The molecule has 126 valence electrons. The maximum Gasteiger partial charge on any atom is 0.266 e. The van der Waals surface area contributed by atoms with E-state index in [-0.39, 0.29) is 23.6 Å². The third-order valence-electron chi connectivity index (χ3n) is 4.89. The van der Waals surface area contributed by atoms with Gasteiger partial charge in [0, 0.05) is 11.6 Å². The summed E-state index contributed by atoms with van der Waals surface area (Å²) in [4.78, 5) is 38.6. The van der Waals surface area contributed by atoms with Crippen molar-refractivity contribution >= 4 is 29.1 Å². The van der Waals surface area contributed by atoms with E-state index in [9.17, 15) is 14.4 Å².